The molecule has 0 saturated carbocycles. The van der Waals surface area contributed by atoms with Crippen LogP contribution in [0.4, 0.5) is 0 Å². The summed E-state index contributed by atoms with van der Waals surface area (Å²) in [6, 6.07) is 17.2. The quantitative estimate of drug-likeness (QED) is 0.342. The molecule has 3 rings (SSSR count). The Kier molecular flexibility index (Phi) is 9.29. The smallest absolute Gasteiger partial charge is 0.343 e. The van der Waals surface area contributed by atoms with Gasteiger partial charge in [-0.15, -0.1) is 0 Å². The van der Waals surface area contributed by atoms with Crippen molar-refractivity contribution in [3.63, 3.8) is 0 Å². The van der Waals surface area contributed by atoms with Crippen molar-refractivity contribution in [3.8, 4) is 16.9 Å². The summed E-state index contributed by atoms with van der Waals surface area (Å²) in [6.45, 7) is 6.53. The average molecular weight is 498 g/mol. The van der Waals surface area contributed by atoms with E-state index >= 15 is 0 Å². The predicted octanol–water partition coefficient (Wildman–Crippen LogP) is 5.33. The van der Waals surface area contributed by atoms with E-state index < -0.39 is 16.0 Å². The summed E-state index contributed by atoms with van der Waals surface area (Å²) >= 11 is 0. The van der Waals surface area contributed by atoms with Gasteiger partial charge in [0.25, 0.3) is 0 Å². The molecule has 0 unspecified atom stereocenters. The lowest BCUT2D eigenvalue weighted by molar-refractivity contribution is -0.142. The molecule has 1 aromatic carbocycles. The van der Waals surface area contributed by atoms with Gasteiger partial charge in [-0.05, 0) is 65.6 Å². The zero-order chi connectivity index (χ0) is 25.4. The second kappa shape index (κ2) is 12.2. The van der Waals surface area contributed by atoms with Crippen LogP contribution in [0.3, 0.4) is 0 Å². The van der Waals surface area contributed by atoms with Gasteiger partial charge in [-0.2, -0.15) is 0 Å². The highest BCUT2D eigenvalue weighted by atomic mass is 32.2. The molecule has 0 saturated heterocycles. The maximum absolute atomic E-state index is 13.3. The fourth-order valence-electron chi connectivity index (χ4n) is 3.95. The number of methoxy groups -OCH3 is 1. The van der Waals surface area contributed by atoms with E-state index in [2.05, 4.69) is 42.4 Å². The standard InChI is InChI=1S/C28H35NO5S/c1-5-6-7-23-18-27(26-15-11-22(20(2)3)10-14-25(23)26)35(31,32)29-17-16-21-8-12-24(13-9-21)34-19-28(30)33-4/h8-15,18,20,29H,5-7,16-17,19H2,1-4H3. The molecule has 0 aromatic heterocycles. The van der Waals surface area contributed by atoms with Gasteiger partial charge in [-0.1, -0.05) is 63.6 Å². The van der Waals surface area contributed by atoms with Crippen molar-refractivity contribution >= 4 is 16.0 Å². The number of esters is 1. The van der Waals surface area contributed by atoms with Gasteiger partial charge in [0.15, 0.2) is 6.61 Å². The van der Waals surface area contributed by atoms with Crippen molar-refractivity contribution in [2.75, 3.05) is 20.3 Å². The number of carbonyl (C=O) groups is 1. The number of rotatable bonds is 12. The maximum atomic E-state index is 13.3. The summed E-state index contributed by atoms with van der Waals surface area (Å²) < 4.78 is 39.3. The Bertz CT molecular complexity index is 1200. The van der Waals surface area contributed by atoms with Crippen LogP contribution in [0.15, 0.2) is 59.5 Å². The minimum absolute atomic E-state index is 0.153. The minimum Gasteiger partial charge on any atom is -0.482 e. The number of carbonyl (C=O) groups excluding carboxylic acids is 1. The van der Waals surface area contributed by atoms with Gasteiger partial charge in [0.1, 0.15) is 5.75 Å². The van der Waals surface area contributed by atoms with Gasteiger partial charge in [-0.25, -0.2) is 17.9 Å². The number of sulfonamides is 1. The summed E-state index contributed by atoms with van der Waals surface area (Å²) in [5.74, 6) is 0.465. The number of fused-ring (bicyclic) bond motifs is 1. The van der Waals surface area contributed by atoms with E-state index in [1.807, 2.05) is 30.3 Å². The summed E-state index contributed by atoms with van der Waals surface area (Å²) in [6.07, 6.45) is 3.45. The first kappa shape index (κ1) is 26.7. The van der Waals surface area contributed by atoms with E-state index in [9.17, 15) is 13.2 Å². The first-order chi connectivity index (χ1) is 16.7. The zero-order valence-corrected chi connectivity index (χ0v) is 21.8. The third-order valence-corrected chi connectivity index (χ3v) is 7.56. The van der Waals surface area contributed by atoms with Gasteiger partial charge < -0.3 is 9.47 Å². The van der Waals surface area contributed by atoms with Crippen LogP contribution in [0, 0.1) is 0 Å². The number of benzene rings is 1. The third-order valence-electron chi connectivity index (χ3n) is 6.06. The molecule has 6 nitrogen and oxygen atoms in total. The van der Waals surface area contributed by atoms with Crippen LogP contribution in [0.5, 0.6) is 5.75 Å². The molecule has 0 amide bonds. The maximum Gasteiger partial charge on any atom is 0.343 e. The Labute approximate surface area is 209 Å². The minimum atomic E-state index is -3.68. The molecule has 188 valence electrons. The van der Waals surface area contributed by atoms with Gasteiger partial charge in [-0.3, -0.25) is 0 Å². The van der Waals surface area contributed by atoms with Crippen molar-refractivity contribution in [2.24, 2.45) is 0 Å². The lowest BCUT2D eigenvalue weighted by Crippen LogP contribution is -2.26. The molecule has 0 spiro atoms. The molecule has 0 heterocycles. The second-order valence-corrected chi connectivity index (χ2v) is 10.7. The summed E-state index contributed by atoms with van der Waals surface area (Å²) in [5.41, 5.74) is 4.99. The van der Waals surface area contributed by atoms with Crippen molar-refractivity contribution in [1.29, 1.82) is 0 Å². The molecule has 1 N–H and O–H groups in total. The Balaban J connectivity index is 1.73. The largest absolute Gasteiger partial charge is 0.482 e. The normalized spacial score (nSPS) is 11.7. The topological polar surface area (TPSA) is 81.7 Å². The molecule has 0 radical (unpaired) electrons. The lowest BCUT2D eigenvalue weighted by Gasteiger charge is -2.08. The van der Waals surface area contributed by atoms with Crippen LogP contribution >= 0.6 is 0 Å². The molecule has 7 heteroatoms. The van der Waals surface area contributed by atoms with E-state index in [-0.39, 0.29) is 13.2 Å². The highest BCUT2D eigenvalue weighted by Crippen LogP contribution is 2.36. The monoisotopic (exact) mass is 497 g/mol. The van der Waals surface area contributed by atoms with Gasteiger partial charge >= 0.3 is 5.97 Å². The number of unbranched alkanes of at least 4 members (excludes halogenated alkanes) is 1. The van der Waals surface area contributed by atoms with Crippen molar-refractivity contribution < 1.29 is 22.7 Å². The Morgan fingerprint density at radius 3 is 2.29 bits per heavy atom. The SMILES string of the molecule is CCCCc1cc(S(=O)(=O)NCCc2ccc(OCC(=O)OC)cc2)c2ccc(C(C)C)ccc1-2. The van der Waals surface area contributed by atoms with E-state index in [4.69, 9.17) is 4.74 Å². The molecule has 0 atom stereocenters. The van der Waals surface area contributed by atoms with Crippen LogP contribution < -0.4 is 9.46 Å². The molecular weight excluding hydrogens is 462 g/mol. The van der Waals surface area contributed by atoms with Crippen LogP contribution in [0.2, 0.25) is 0 Å². The van der Waals surface area contributed by atoms with E-state index in [0.29, 0.717) is 23.0 Å². The molecule has 0 bridgehead atoms. The van der Waals surface area contributed by atoms with Gasteiger partial charge in [0.2, 0.25) is 10.0 Å². The number of ether oxygens (including phenoxy) is 2. The molecular formula is C28H35NO5S. The lowest BCUT2D eigenvalue weighted by atomic mass is 10.0. The summed E-state index contributed by atoms with van der Waals surface area (Å²) in [4.78, 5) is 11.5. The number of aryl methyl sites for hydroxylation is 1. The average Bonchev–Trinajstić information content (AvgIpc) is 3.04. The molecule has 2 aliphatic carbocycles. The molecule has 0 aliphatic heterocycles. The zero-order valence-electron chi connectivity index (χ0n) is 21.0. The van der Waals surface area contributed by atoms with Crippen LogP contribution in [-0.4, -0.2) is 34.6 Å². The first-order valence-corrected chi connectivity index (χ1v) is 13.6. The molecule has 2 aliphatic rings. The number of hydrogen-bond acceptors (Lipinski definition) is 5. The Morgan fingerprint density at radius 1 is 0.971 bits per heavy atom. The molecule has 35 heavy (non-hydrogen) atoms. The van der Waals surface area contributed by atoms with Crippen molar-refractivity contribution in [2.45, 2.75) is 57.3 Å². The van der Waals surface area contributed by atoms with E-state index in [1.165, 1.54) is 12.7 Å². The highest BCUT2D eigenvalue weighted by molar-refractivity contribution is 7.89. The Morgan fingerprint density at radius 2 is 1.66 bits per heavy atom. The van der Waals surface area contributed by atoms with E-state index in [1.54, 1.807) is 12.1 Å². The van der Waals surface area contributed by atoms with Gasteiger partial charge in [0, 0.05) is 12.1 Å². The Hall–Kier alpha value is -2.90. The third kappa shape index (κ3) is 7.05. The number of hydrogen-bond donors (Lipinski definition) is 1. The highest BCUT2D eigenvalue weighted by Gasteiger charge is 2.24. The van der Waals surface area contributed by atoms with Crippen LogP contribution in [-0.2, 0) is 32.4 Å². The predicted molar refractivity (Wildman–Crippen MR) is 139 cm³/mol. The van der Waals surface area contributed by atoms with Crippen LogP contribution in [0.25, 0.3) is 11.1 Å². The fraction of sp³-hybridized carbons (Fsp3) is 0.393. The number of nitrogens with one attached hydrogen (secondary N) is 1. The first-order valence-electron chi connectivity index (χ1n) is 12.1. The van der Waals surface area contributed by atoms with Gasteiger partial charge in [0.05, 0.1) is 12.0 Å². The molecule has 0 fully saturated rings. The second-order valence-electron chi connectivity index (χ2n) is 8.94. The van der Waals surface area contributed by atoms with Crippen LogP contribution in [0.1, 0.15) is 56.2 Å². The van der Waals surface area contributed by atoms with Crippen molar-refractivity contribution in [1.82, 2.24) is 4.72 Å². The molecule has 1 aromatic rings. The van der Waals surface area contributed by atoms with E-state index in [0.717, 1.165) is 41.5 Å². The summed E-state index contributed by atoms with van der Waals surface area (Å²) in [5, 5.41) is 0. The van der Waals surface area contributed by atoms with Crippen molar-refractivity contribution in [3.05, 3.63) is 71.3 Å². The summed E-state index contributed by atoms with van der Waals surface area (Å²) in [7, 11) is -2.37. The fourth-order valence-corrected chi connectivity index (χ4v) is 5.24.